The number of carbonyl (C=O) groups is 2. The molecule has 1 heterocycles. The number of halogens is 1. The van der Waals surface area contributed by atoms with Crippen molar-refractivity contribution in [1.82, 2.24) is 4.90 Å². The molecule has 2 aromatic carbocycles. The molecule has 0 unspecified atom stereocenters. The smallest absolute Gasteiger partial charge is 0.411 e. The lowest BCUT2D eigenvalue weighted by atomic mass is 9.94. The number of ether oxygens (including phenoxy) is 1. The van der Waals surface area contributed by atoms with Crippen molar-refractivity contribution in [2.75, 3.05) is 0 Å². The lowest BCUT2D eigenvalue weighted by Gasteiger charge is -2.33. The van der Waals surface area contributed by atoms with Gasteiger partial charge in [0.1, 0.15) is 12.6 Å². The van der Waals surface area contributed by atoms with Crippen LogP contribution in [0.3, 0.4) is 0 Å². The van der Waals surface area contributed by atoms with Crippen molar-refractivity contribution < 1.29 is 19.4 Å². The summed E-state index contributed by atoms with van der Waals surface area (Å²) in [7, 11) is 0. The van der Waals surface area contributed by atoms with Crippen molar-refractivity contribution in [1.29, 1.82) is 0 Å². The molecule has 0 aliphatic carbocycles. The van der Waals surface area contributed by atoms with Gasteiger partial charge in [0.05, 0.1) is 6.54 Å². The van der Waals surface area contributed by atoms with E-state index in [-0.39, 0.29) is 19.6 Å². The van der Waals surface area contributed by atoms with E-state index in [0.29, 0.717) is 0 Å². The number of aliphatic carboxylic acids is 1. The molecule has 5 nitrogen and oxygen atoms in total. The molecular weight excluding hydrogens is 374 g/mol. The van der Waals surface area contributed by atoms with E-state index in [9.17, 15) is 14.7 Å². The number of fused-ring (bicyclic) bond motifs is 1. The number of hydrogen-bond donors (Lipinski definition) is 1. The standard InChI is InChI=1S/C18H16BrNO4/c19-15-7-6-13-9-16(17(21)22)20(10-14(13)8-15)18(23)24-11-12-4-2-1-3-5-12/h1-8,16H,9-11H2,(H,21,22)/t16-/m0/s1. The Morgan fingerprint density at radius 1 is 1.17 bits per heavy atom. The molecule has 6 heteroatoms. The summed E-state index contributed by atoms with van der Waals surface area (Å²) in [6.45, 7) is 0.340. The first-order chi connectivity index (χ1) is 11.5. The molecule has 2 aromatic rings. The van der Waals surface area contributed by atoms with Crippen LogP contribution in [0.15, 0.2) is 53.0 Å². The zero-order valence-corrected chi connectivity index (χ0v) is 14.4. The molecule has 0 radical (unpaired) electrons. The lowest BCUT2D eigenvalue weighted by molar-refractivity contribution is -0.143. The van der Waals surface area contributed by atoms with E-state index >= 15 is 0 Å². The number of benzene rings is 2. The molecule has 24 heavy (non-hydrogen) atoms. The van der Waals surface area contributed by atoms with Crippen LogP contribution in [0.25, 0.3) is 0 Å². The highest BCUT2D eigenvalue weighted by atomic mass is 79.9. The molecule has 0 saturated heterocycles. The van der Waals surface area contributed by atoms with Crippen LogP contribution in [0, 0.1) is 0 Å². The van der Waals surface area contributed by atoms with E-state index in [4.69, 9.17) is 4.74 Å². The number of rotatable bonds is 3. The minimum atomic E-state index is -1.03. The summed E-state index contributed by atoms with van der Waals surface area (Å²) in [6.07, 6.45) is -0.338. The highest BCUT2D eigenvalue weighted by molar-refractivity contribution is 9.10. The maximum atomic E-state index is 12.4. The monoisotopic (exact) mass is 389 g/mol. The van der Waals surface area contributed by atoms with Crippen molar-refractivity contribution in [3.63, 3.8) is 0 Å². The van der Waals surface area contributed by atoms with Gasteiger partial charge < -0.3 is 9.84 Å². The van der Waals surface area contributed by atoms with E-state index in [1.54, 1.807) is 0 Å². The van der Waals surface area contributed by atoms with Crippen molar-refractivity contribution in [2.45, 2.75) is 25.6 Å². The Hall–Kier alpha value is -2.34. The summed E-state index contributed by atoms with van der Waals surface area (Å²) in [6, 6.07) is 14.1. The molecule has 1 N–H and O–H groups in total. The fourth-order valence-electron chi connectivity index (χ4n) is 2.77. The van der Waals surface area contributed by atoms with Gasteiger partial charge in [-0.05, 0) is 28.8 Å². The Labute approximate surface area is 148 Å². The number of carbonyl (C=O) groups excluding carboxylic acids is 1. The SMILES string of the molecule is O=C(O)[C@@H]1Cc2ccc(Br)cc2CN1C(=O)OCc1ccccc1. The van der Waals surface area contributed by atoms with Gasteiger partial charge in [-0.15, -0.1) is 0 Å². The molecule has 0 saturated carbocycles. The topological polar surface area (TPSA) is 66.8 Å². The Bertz CT molecular complexity index is 763. The average molecular weight is 390 g/mol. The third-order valence-corrected chi connectivity index (χ3v) is 4.52. The fraction of sp³-hybridized carbons (Fsp3) is 0.222. The van der Waals surface area contributed by atoms with Gasteiger partial charge in [-0.3, -0.25) is 4.90 Å². The number of amides is 1. The molecule has 0 spiro atoms. The summed E-state index contributed by atoms with van der Waals surface area (Å²) < 4.78 is 6.20. The summed E-state index contributed by atoms with van der Waals surface area (Å²) in [5.74, 6) is -1.03. The molecule has 1 aliphatic heterocycles. The highest BCUT2D eigenvalue weighted by Gasteiger charge is 2.35. The number of carboxylic acid groups (broad SMARTS) is 1. The minimum Gasteiger partial charge on any atom is -0.480 e. The van der Waals surface area contributed by atoms with E-state index < -0.39 is 18.1 Å². The molecule has 0 fully saturated rings. The summed E-state index contributed by atoms with van der Waals surface area (Å²) >= 11 is 3.40. The maximum absolute atomic E-state index is 12.4. The van der Waals surface area contributed by atoms with Crippen molar-refractivity contribution in [3.8, 4) is 0 Å². The van der Waals surface area contributed by atoms with Gasteiger partial charge in [0, 0.05) is 10.9 Å². The molecular formula is C18H16BrNO4. The van der Waals surface area contributed by atoms with Gasteiger partial charge in [0.2, 0.25) is 0 Å². The van der Waals surface area contributed by atoms with Crippen molar-refractivity contribution in [2.24, 2.45) is 0 Å². The van der Waals surface area contributed by atoms with Crippen LogP contribution in [0.1, 0.15) is 16.7 Å². The molecule has 0 aromatic heterocycles. The van der Waals surface area contributed by atoms with Crippen LogP contribution < -0.4 is 0 Å². The summed E-state index contributed by atoms with van der Waals surface area (Å²) in [4.78, 5) is 25.2. The van der Waals surface area contributed by atoms with Gasteiger partial charge in [0.15, 0.2) is 0 Å². The van der Waals surface area contributed by atoms with Gasteiger partial charge in [-0.2, -0.15) is 0 Å². The highest BCUT2D eigenvalue weighted by Crippen LogP contribution is 2.27. The number of carboxylic acids is 1. The largest absolute Gasteiger partial charge is 0.480 e. The normalized spacial score (nSPS) is 16.4. The molecule has 1 atom stereocenters. The van der Waals surface area contributed by atoms with Crippen LogP contribution in [-0.2, 0) is 29.1 Å². The van der Waals surface area contributed by atoms with E-state index in [1.807, 2.05) is 48.5 Å². The summed E-state index contributed by atoms with van der Waals surface area (Å²) in [5, 5.41) is 9.46. The quantitative estimate of drug-likeness (QED) is 0.870. The first-order valence-electron chi connectivity index (χ1n) is 7.52. The lowest BCUT2D eigenvalue weighted by Crippen LogP contribution is -2.48. The Kier molecular flexibility index (Phi) is 4.85. The molecule has 3 rings (SSSR count). The molecule has 1 aliphatic rings. The first-order valence-corrected chi connectivity index (χ1v) is 8.31. The van der Waals surface area contributed by atoms with Gasteiger partial charge in [-0.25, -0.2) is 9.59 Å². The molecule has 1 amide bonds. The Balaban J connectivity index is 1.76. The minimum absolute atomic E-state index is 0.119. The second kappa shape index (κ2) is 7.05. The predicted molar refractivity (Wildman–Crippen MR) is 91.4 cm³/mol. The van der Waals surface area contributed by atoms with Crippen LogP contribution >= 0.6 is 15.9 Å². The Morgan fingerprint density at radius 2 is 1.92 bits per heavy atom. The van der Waals surface area contributed by atoms with Gasteiger partial charge in [0.25, 0.3) is 0 Å². The number of hydrogen-bond acceptors (Lipinski definition) is 3. The Morgan fingerprint density at radius 3 is 2.62 bits per heavy atom. The van der Waals surface area contributed by atoms with Gasteiger partial charge in [-0.1, -0.05) is 52.3 Å². The van der Waals surface area contributed by atoms with Gasteiger partial charge >= 0.3 is 12.1 Å². The number of nitrogens with zero attached hydrogens (tertiary/aromatic N) is 1. The first kappa shape index (κ1) is 16.5. The zero-order chi connectivity index (χ0) is 17.1. The average Bonchev–Trinajstić information content (AvgIpc) is 2.59. The van der Waals surface area contributed by atoms with E-state index in [1.165, 1.54) is 4.90 Å². The van der Waals surface area contributed by atoms with E-state index in [2.05, 4.69) is 15.9 Å². The molecule has 0 bridgehead atoms. The van der Waals surface area contributed by atoms with Crippen molar-refractivity contribution in [3.05, 3.63) is 69.7 Å². The van der Waals surface area contributed by atoms with Crippen LogP contribution in [0.2, 0.25) is 0 Å². The molecule has 124 valence electrons. The maximum Gasteiger partial charge on any atom is 0.411 e. The summed E-state index contributed by atoms with van der Waals surface area (Å²) in [5.41, 5.74) is 2.73. The third kappa shape index (κ3) is 3.59. The second-order valence-electron chi connectivity index (χ2n) is 5.64. The van der Waals surface area contributed by atoms with Crippen molar-refractivity contribution >= 4 is 28.0 Å². The van der Waals surface area contributed by atoms with Crippen LogP contribution in [0.5, 0.6) is 0 Å². The third-order valence-electron chi connectivity index (χ3n) is 4.02. The fourth-order valence-corrected chi connectivity index (χ4v) is 3.18. The predicted octanol–water partition coefficient (Wildman–Crippen LogP) is 3.60. The van der Waals surface area contributed by atoms with Crippen LogP contribution in [0.4, 0.5) is 4.79 Å². The zero-order valence-electron chi connectivity index (χ0n) is 12.8. The van der Waals surface area contributed by atoms with Crippen LogP contribution in [-0.4, -0.2) is 28.1 Å². The van der Waals surface area contributed by atoms with E-state index in [0.717, 1.165) is 21.2 Å². The second-order valence-corrected chi connectivity index (χ2v) is 6.55.